The van der Waals surface area contributed by atoms with E-state index in [2.05, 4.69) is 10.3 Å². The van der Waals surface area contributed by atoms with Crippen LogP contribution in [-0.2, 0) is 9.63 Å². The summed E-state index contributed by atoms with van der Waals surface area (Å²) in [5.74, 6) is 0.478. The van der Waals surface area contributed by atoms with Crippen molar-refractivity contribution in [1.82, 2.24) is 5.01 Å². The number of hydrazone groups is 1. The summed E-state index contributed by atoms with van der Waals surface area (Å²) in [5, 5.41) is 10.4. The molecule has 0 fully saturated rings. The van der Waals surface area contributed by atoms with E-state index in [0.29, 0.717) is 22.8 Å². The molecule has 1 amide bonds. The lowest BCUT2D eigenvalue weighted by Gasteiger charge is -2.19. The monoisotopic (exact) mass is 422 g/mol. The quantitative estimate of drug-likeness (QED) is 0.369. The number of hydrogen-bond acceptors (Lipinski definition) is 5. The summed E-state index contributed by atoms with van der Waals surface area (Å²) >= 11 is 5.98. The number of nitrogens with zero attached hydrogens (tertiary/aromatic N) is 3. The maximum absolute atomic E-state index is 12.8. The topological polar surface area (TPSA) is 93.4 Å². The van der Waals surface area contributed by atoms with Crippen molar-refractivity contribution in [2.75, 3.05) is 6.61 Å². The van der Waals surface area contributed by atoms with E-state index in [0.717, 1.165) is 11.3 Å². The summed E-state index contributed by atoms with van der Waals surface area (Å²) in [4.78, 5) is 18.0. The molecule has 0 saturated heterocycles. The van der Waals surface area contributed by atoms with E-state index in [9.17, 15) is 4.79 Å². The molecule has 1 aliphatic rings. The van der Waals surface area contributed by atoms with Gasteiger partial charge in [0.2, 0.25) is 0 Å². The second kappa shape index (κ2) is 8.84. The zero-order valence-electron chi connectivity index (χ0n) is 15.9. The Morgan fingerprint density at radius 1 is 1.17 bits per heavy atom. The molecule has 0 radical (unpaired) electrons. The number of amidine groups is 1. The van der Waals surface area contributed by atoms with Gasteiger partial charge >= 0.3 is 0 Å². The fraction of sp³-hybridized carbons (Fsp3) is 0.136. The van der Waals surface area contributed by atoms with Gasteiger partial charge in [-0.25, -0.2) is 5.01 Å². The summed E-state index contributed by atoms with van der Waals surface area (Å²) in [6, 6.07) is 19.7. The Labute approximate surface area is 178 Å². The van der Waals surface area contributed by atoms with Crippen molar-refractivity contribution in [3.63, 3.8) is 0 Å². The second-order valence-electron chi connectivity index (χ2n) is 6.64. The highest BCUT2D eigenvalue weighted by atomic mass is 35.5. The molecule has 2 heterocycles. The second-order valence-corrected chi connectivity index (χ2v) is 7.08. The van der Waals surface area contributed by atoms with E-state index in [1.54, 1.807) is 36.6 Å². The Hall–Kier alpha value is -3.58. The average Bonchev–Trinajstić information content (AvgIpc) is 3.45. The first-order chi connectivity index (χ1) is 14.6. The highest BCUT2D eigenvalue weighted by Gasteiger charge is 2.35. The number of amides is 1. The average molecular weight is 423 g/mol. The van der Waals surface area contributed by atoms with Crippen molar-refractivity contribution in [2.24, 2.45) is 16.0 Å². The molecule has 8 heteroatoms. The molecule has 1 aliphatic heterocycles. The van der Waals surface area contributed by atoms with E-state index < -0.39 is 0 Å². The molecule has 2 aromatic carbocycles. The highest BCUT2D eigenvalue weighted by molar-refractivity contribution is 6.30. The van der Waals surface area contributed by atoms with Gasteiger partial charge in [-0.1, -0.05) is 59.2 Å². The third kappa shape index (κ3) is 4.36. The maximum atomic E-state index is 12.8. The lowest BCUT2D eigenvalue weighted by Crippen LogP contribution is -2.30. The molecular formula is C22H19ClN4O3. The van der Waals surface area contributed by atoms with E-state index >= 15 is 0 Å². The zero-order valence-corrected chi connectivity index (χ0v) is 16.7. The minimum Gasteiger partial charge on any atom is -0.467 e. The van der Waals surface area contributed by atoms with E-state index in [4.69, 9.17) is 26.6 Å². The zero-order chi connectivity index (χ0) is 20.9. The summed E-state index contributed by atoms with van der Waals surface area (Å²) in [5.41, 5.74) is 8.25. The third-order valence-electron chi connectivity index (χ3n) is 4.64. The van der Waals surface area contributed by atoms with Crippen molar-refractivity contribution < 1.29 is 14.0 Å². The van der Waals surface area contributed by atoms with Crippen LogP contribution in [0.2, 0.25) is 5.02 Å². The van der Waals surface area contributed by atoms with Crippen LogP contribution < -0.4 is 5.73 Å². The van der Waals surface area contributed by atoms with Crippen LogP contribution >= 0.6 is 11.6 Å². The van der Waals surface area contributed by atoms with Crippen LogP contribution in [0, 0.1) is 0 Å². The van der Waals surface area contributed by atoms with Gasteiger partial charge in [-0.3, -0.25) is 4.79 Å². The number of oxime groups is 1. The first kappa shape index (κ1) is 19.7. The number of nitrogens with two attached hydrogens (primary N) is 1. The Bertz CT molecular complexity index is 1060. The predicted octanol–water partition coefficient (Wildman–Crippen LogP) is 3.95. The molecule has 0 spiro atoms. The van der Waals surface area contributed by atoms with Crippen LogP contribution in [0.5, 0.6) is 0 Å². The molecule has 1 atom stereocenters. The van der Waals surface area contributed by atoms with Crippen LogP contribution in [0.25, 0.3) is 0 Å². The molecule has 2 N–H and O–H groups in total. The van der Waals surface area contributed by atoms with Crippen molar-refractivity contribution in [2.45, 2.75) is 12.5 Å². The first-order valence-electron chi connectivity index (χ1n) is 9.31. The number of furan rings is 1. The van der Waals surface area contributed by atoms with Crippen molar-refractivity contribution in [3.05, 3.63) is 94.9 Å². The molecule has 1 aromatic heterocycles. The lowest BCUT2D eigenvalue weighted by molar-refractivity contribution is -0.138. The molecule has 7 nitrogen and oxygen atoms in total. The minimum absolute atomic E-state index is 0.192. The molecule has 4 rings (SSSR count). The normalized spacial score (nSPS) is 16.4. The molecule has 3 aromatic rings. The molecule has 0 saturated carbocycles. The largest absolute Gasteiger partial charge is 0.467 e. The maximum Gasteiger partial charge on any atom is 0.284 e. The number of carbonyl (C=O) groups is 1. The van der Waals surface area contributed by atoms with Gasteiger partial charge in [0.25, 0.3) is 5.91 Å². The standard InChI is InChI=1S/C22H19ClN4O3/c23-17-10-8-15(9-11-17)18-13-19(20-7-4-12-29-20)27(25-18)21(28)14-30-26-22(24)16-5-2-1-3-6-16/h1-12,19H,13-14H2,(H2,24,26). The van der Waals surface area contributed by atoms with Crippen molar-refractivity contribution in [3.8, 4) is 0 Å². The predicted molar refractivity (Wildman–Crippen MR) is 114 cm³/mol. The molecule has 30 heavy (non-hydrogen) atoms. The van der Waals surface area contributed by atoms with Gasteiger partial charge in [0.05, 0.1) is 12.0 Å². The Kier molecular flexibility index (Phi) is 5.81. The van der Waals surface area contributed by atoms with Crippen LogP contribution in [0.1, 0.15) is 29.3 Å². The first-order valence-corrected chi connectivity index (χ1v) is 9.69. The number of carbonyl (C=O) groups excluding carboxylic acids is 1. The van der Waals surface area contributed by atoms with Gasteiger partial charge in [0, 0.05) is 17.0 Å². The number of benzene rings is 2. The number of rotatable bonds is 6. The Morgan fingerprint density at radius 3 is 2.63 bits per heavy atom. The molecule has 1 unspecified atom stereocenters. The van der Waals surface area contributed by atoms with Gasteiger partial charge in [0.15, 0.2) is 12.4 Å². The van der Waals surface area contributed by atoms with Crippen LogP contribution in [-0.4, -0.2) is 29.1 Å². The Morgan fingerprint density at radius 2 is 1.93 bits per heavy atom. The smallest absolute Gasteiger partial charge is 0.284 e. The highest BCUT2D eigenvalue weighted by Crippen LogP contribution is 2.33. The minimum atomic E-state index is -0.364. The van der Waals surface area contributed by atoms with Crippen LogP contribution in [0.3, 0.4) is 0 Å². The number of hydrogen-bond donors (Lipinski definition) is 1. The summed E-state index contributed by atoms with van der Waals surface area (Å²) in [7, 11) is 0. The van der Waals surface area contributed by atoms with E-state index in [1.165, 1.54) is 5.01 Å². The summed E-state index contributed by atoms with van der Waals surface area (Å²) in [6.07, 6.45) is 2.08. The lowest BCUT2D eigenvalue weighted by atomic mass is 10.0. The van der Waals surface area contributed by atoms with Gasteiger partial charge in [-0.2, -0.15) is 5.10 Å². The molecular weight excluding hydrogens is 404 g/mol. The van der Waals surface area contributed by atoms with Crippen molar-refractivity contribution >= 4 is 29.1 Å². The van der Waals surface area contributed by atoms with Gasteiger partial charge in [-0.15, -0.1) is 0 Å². The molecule has 0 bridgehead atoms. The molecule has 0 aliphatic carbocycles. The fourth-order valence-corrected chi connectivity index (χ4v) is 3.27. The van der Waals surface area contributed by atoms with Gasteiger partial charge < -0.3 is 15.0 Å². The van der Waals surface area contributed by atoms with Gasteiger partial charge in [-0.05, 0) is 29.8 Å². The van der Waals surface area contributed by atoms with Crippen LogP contribution in [0.15, 0.2) is 87.7 Å². The van der Waals surface area contributed by atoms with Gasteiger partial charge in [0.1, 0.15) is 11.8 Å². The van der Waals surface area contributed by atoms with E-state index in [1.807, 2.05) is 36.4 Å². The van der Waals surface area contributed by atoms with Crippen molar-refractivity contribution in [1.29, 1.82) is 0 Å². The van der Waals surface area contributed by atoms with Crippen LogP contribution in [0.4, 0.5) is 0 Å². The Balaban J connectivity index is 1.50. The summed E-state index contributed by atoms with van der Waals surface area (Å²) in [6.45, 7) is -0.303. The SMILES string of the molecule is N/C(=N\OCC(=O)N1N=C(c2ccc(Cl)cc2)CC1c1ccco1)c1ccccc1. The summed E-state index contributed by atoms with van der Waals surface area (Å²) < 4.78 is 5.52. The number of halogens is 1. The van der Waals surface area contributed by atoms with E-state index in [-0.39, 0.29) is 24.4 Å². The molecule has 152 valence electrons. The fourth-order valence-electron chi connectivity index (χ4n) is 3.14. The third-order valence-corrected chi connectivity index (χ3v) is 4.89.